The summed E-state index contributed by atoms with van der Waals surface area (Å²) in [7, 11) is 0. The van der Waals surface area contributed by atoms with Gasteiger partial charge in [-0.2, -0.15) is 0 Å². The maximum Gasteiger partial charge on any atom is 0.291 e. The molecule has 2 rings (SSSR count). The number of carbonyl (C=O) groups is 4. The Morgan fingerprint density at radius 1 is 1.22 bits per heavy atom. The Balaban J connectivity index is 2.18. The average molecular weight is 472 g/mol. The van der Waals surface area contributed by atoms with Crippen LogP contribution in [0.3, 0.4) is 0 Å². The third kappa shape index (κ3) is 6.91. The van der Waals surface area contributed by atoms with Crippen LogP contribution in [-0.4, -0.2) is 51.8 Å². The van der Waals surface area contributed by atoms with Gasteiger partial charge in [-0.05, 0) is 36.6 Å². The van der Waals surface area contributed by atoms with Crippen molar-refractivity contribution in [2.45, 2.75) is 38.4 Å². The van der Waals surface area contributed by atoms with E-state index in [1.54, 1.807) is 0 Å². The fourth-order valence-electron chi connectivity index (χ4n) is 2.94. The number of amides is 4. The summed E-state index contributed by atoms with van der Waals surface area (Å²) in [6.07, 6.45) is -0.160. The minimum Gasteiger partial charge on any atom is -0.370 e. The summed E-state index contributed by atoms with van der Waals surface area (Å²) in [5, 5.41) is 3.57. The first-order chi connectivity index (χ1) is 15.0. The number of nitrogens with zero attached hydrogens (tertiary/aromatic N) is 1. The van der Waals surface area contributed by atoms with Crippen LogP contribution in [0.15, 0.2) is 24.3 Å². The zero-order valence-electron chi connectivity index (χ0n) is 17.5. The molecule has 1 aromatic heterocycles. The average Bonchev–Trinajstić information content (AvgIpc) is 3.12. The number of hydrazine groups is 1. The van der Waals surface area contributed by atoms with Gasteiger partial charge < -0.3 is 16.0 Å². The molecule has 2 aromatic rings. The van der Waals surface area contributed by atoms with Gasteiger partial charge in [0.05, 0.1) is 6.54 Å². The molecule has 0 saturated heterocycles. The number of aromatic nitrogens is 1. The van der Waals surface area contributed by atoms with E-state index in [1.807, 2.05) is 13.8 Å². The Morgan fingerprint density at radius 2 is 1.91 bits per heavy atom. The highest BCUT2D eigenvalue weighted by Crippen LogP contribution is 2.17. The van der Waals surface area contributed by atoms with Crippen LogP contribution in [0.1, 0.15) is 37.2 Å². The third-order valence-corrected chi connectivity index (χ3v) is 4.62. The predicted octanol–water partition coefficient (Wildman–Crippen LogP) is 1.72. The molecule has 0 aliphatic heterocycles. The van der Waals surface area contributed by atoms with Crippen LogP contribution in [-0.2, 0) is 14.4 Å². The molecule has 0 aliphatic rings. The minimum absolute atomic E-state index is 0.0421. The highest BCUT2D eigenvalue weighted by atomic mass is 35.5. The van der Waals surface area contributed by atoms with E-state index in [1.165, 1.54) is 24.3 Å². The molecule has 4 amide bonds. The number of aromatic amines is 1. The normalized spacial score (nSPS) is 12.9. The molecule has 32 heavy (non-hydrogen) atoms. The maximum absolute atomic E-state index is 13.4. The number of hydrogen-bond acceptors (Lipinski definition) is 4. The van der Waals surface area contributed by atoms with E-state index in [-0.39, 0.29) is 24.5 Å². The Morgan fingerprint density at radius 3 is 2.50 bits per heavy atom. The number of carbonyl (C=O) groups excluding carboxylic acids is 4. The molecule has 0 saturated carbocycles. The molecule has 9 nitrogen and oxygen atoms in total. The lowest BCUT2D eigenvalue weighted by Gasteiger charge is -2.27. The van der Waals surface area contributed by atoms with Crippen molar-refractivity contribution in [3.8, 4) is 0 Å². The first-order valence-electron chi connectivity index (χ1n) is 9.75. The molecule has 0 bridgehead atoms. The van der Waals surface area contributed by atoms with Crippen LogP contribution in [0.25, 0.3) is 10.9 Å². The van der Waals surface area contributed by atoms with Crippen LogP contribution in [0.2, 0.25) is 0 Å². The molecular weight excluding hydrogens is 448 g/mol. The molecule has 12 heteroatoms. The number of primary amides is 1. The second-order valence-corrected chi connectivity index (χ2v) is 7.94. The van der Waals surface area contributed by atoms with Crippen LogP contribution in [0, 0.1) is 11.7 Å². The van der Waals surface area contributed by atoms with Crippen molar-refractivity contribution in [1.82, 2.24) is 20.7 Å². The van der Waals surface area contributed by atoms with E-state index in [0.717, 1.165) is 0 Å². The smallest absolute Gasteiger partial charge is 0.291 e. The number of alkyl halides is 2. The Bertz CT molecular complexity index is 1010. The summed E-state index contributed by atoms with van der Waals surface area (Å²) in [5.41, 5.74) is 5.41. The number of rotatable bonds is 9. The molecule has 1 aromatic carbocycles. The van der Waals surface area contributed by atoms with Crippen molar-refractivity contribution in [3.63, 3.8) is 0 Å². The fraction of sp³-hybridized carbons (Fsp3) is 0.400. The lowest BCUT2D eigenvalue weighted by atomic mass is 10.0. The summed E-state index contributed by atoms with van der Waals surface area (Å²) < 4.78 is 26.7. The molecule has 0 spiro atoms. The van der Waals surface area contributed by atoms with Gasteiger partial charge in [-0.25, -0.2) is 13.8 Å². The highest BCUT2D eigenvalue weighted by molar-refractivity contribution is 6.29. The van der Waals surface area contributed by atoms with Gasteiger partial charge in [-0.1, -0.05) is 25.4 Å². The Kier molecular flexibility index (Phi) is 8.53. The van der Waals surface area contributed by atoms with Gasteiger partial charge in [0.25, 0.3) is 23.4 Å². The monoisotopic (exact) mass is 471 g/mol. The SMILES string of the molecule is CC(C)C[C@H](NC(=O)c1cc2cc(F)ccc2[nH]1)C(=O)NN(CCC(N)=O)C(=O)[C@@H](F)Cl. The summed E-state index contributed by atoms with van der Waals surface area (Å²) in [6.45, 7) is 3.22. The van der Waals surface area contributed by atoms with Gasteiger partial charge in [0.15, 0.2) is 0 Å². The standard InChI is InChI=1S/C20H24ClF2N5O4/c1-10(2)7-14(19(31)27-28(6-5-16(24)29)20(32)17(21)23)26-18(30)15-9-11-8-12(22)3-4-13(11)25-15/h3-4,8-10,14,17,25H,5-7H2,1-2H3,(H2,24,29)(H,26,30)(H,27,31)/t14-,17+/m0/s1. The summed E-state index contributed by atoms with van der Waals surface area (Å²) in [5.74, 6) is -4.02. The molecule has 0 unspecified atom stereocenters. The lowest BCUT2D eigenvalue weighted by Crippen LogP contribution is -2.56. The van der Waals surface area contributed by atoms with Crippen LogP contribution < -0.4 is 16.5 Å². The number of nitrogens with two attached hydrogens (primary N) is 1. The van der Waals surface area contributed by atoms with Crippen molar-refractivity contribution in [3.05, 3.63) is 35.8 Å². The Hall–Kier alpha value is -3.21. The third-order valence-electron chi connectivity index (χ3n) is 4.44. The molecule has 2 atom stereocenters. The minimum atomic E-state index is -2.45. The van der Waals surface area contributed by atoms with Gasteiger partial charge in [-0.3, -0.25) is 24.6 Å². The summed E-state index contributed by atoms with van der Waals surface area (Å²) in [4.78, 5) is 51.3. The number of fused-ring (bicyclic) bond motifs is 1. The molecule has 5 N–H and O–H groups in total. The molecule has 0 aliphatic carbocycles. The number of halogens is 3. The fourth-order valence-corrected chi connectivity index (χ4v) is 3.05. The number of H-pyrrole nitrogens is 1. The number of nitrogens with one attached hydrogen (secondary N) is 3. The van der Waals surface area contributed by atoms with Gasteiger partial charge in [0, 0.05) is 17.3 Å². The van der Waals surface area contributed by atoms with Crippen LogP contribution in [0.4, 0.5) is 8.78 Å². The van der Waals surface area contributed by atoms with E-state index in [2.05, 4.69) is 15.7 Å². The van der Waals surface area contributed by atoms with E-state index in [4.69, 9.17) is 17.3 Å². The maximum atomic E-state index is 13.4. The first kappa shape index (κ1) is 25.1. The van der Waals surface area contributed by atoms with Crippen molar-refractivity contribution >= 4 is 46.1 Å². The molecular formula is C20H24ClF2N5O4. The van der Waals surface area contributed by atoms with E-state index < -0.39 is 47.7 Å². The van der Waals surface area contributed by atoms with Gasteiger partial charge in [0.1, 0.15) is 17.6 Å². The quantitative estimate of drug-likeness (QED) is 0.327. The number of benzene rings is 1. The second kappa shape index (κ2) is 10.9. The largest absolute Gasteiger partial charge is 0.370 e. The van der Waals surface area contributed by atoms with Gasteiger partial charge >= 0.3 is 0 Å². The van der Waals surface area contributed by atoms with E-state index >= 15 is 0 Å². The predicted molar refractivity (Wildman–Crippen MR) is 113 cm³/mol. The molecule has 0 fully saturated rings. The van der Waals surface area contributed by atoms with Gasteiger partial charge in [-0.15, -0.1) is 0 Å². The van der Waals surface area contributed by atoms with Crippen molar-refractivity contribution < 1.29 is 28.0 Å². The summed E-state index contributed by atoms with van der Waals surface area (Å²) in [6, 6.07) is 4.29. The lowest BCUT2D eigenvalue weighted by molar-refractivity contribution is -0.144. The van der Waals surface area contributed by atoms with Crippen LogP contribution >= 0.6 is 11.6 Å². The van der Waals surface area contributed by atoms with Gasteiger partial charge in [0.2, 0.25) is 5.91 Å². The summed E-state index contributed by atoms with van der Waals surface area (Å²) >= 11 is 5.17. The molecule has 0 radical (unpaired) electrons. The highest BCUT2D eigenvalue weighted by Gasteiger charge is 2.29. The first-order valence-corrected chi connectivity index (χ1v) is 10.2. The van der Waals surface area contributed by atoms with Crippen molar-refractivity contribution in [1.29, 1.82) is 0 Å². The topological polar surface area (TPSA) is 137 Å². The number of hydrogen-bond donors (Lipinski definition) is 4. The van der Waals surface area contributed by atoms with Crippen LogP contribution in [0.5, 0.6) is 0 Å². The molecule has 1 heterocycles. The van der Waals surface area contributed by atoms with E-state index in [0.29, 0.717) is 15.9 Å². The molecule has 174 valence electrons. The zero-order chi connectivity index (χ0) is 24.0. The van der Waals surface area contributed by atoms with E-state index in [9.17, 15) is 28.0 Å². The van der Waals surface area contributed by atoms with Crippen molar-refractivity contribution in [2.75, 3.05) is 6.54 Å². The van der Waals surface area contributed by atoms with Crippen molar-refractivity contribution in [2.24, 2.45) is 11.7 Å². The Labute approximate surface area is 187 Å². The second-order valence-electron chi connectivity index (χ2n) is 7.55. The zero-order valence-corrected chi connectivity index (χ0v) is 18.2.